The molecule has 29 heavy (non-hydrogen) atoms. The van der Waals surface area contributed by atoms with Crippen LogP contribution in [0.4, 0.5) is 0 Å². The summed E-state index contributed by atoms with van der Waals surface area (Å²) in [7, 11) is 1.55. The third-order valence-electron chi connectivity index (χ3n) is 5.46. The predicted molar refractivity (Wildman–Crippen MR) is 106 cm³/mol. The van der Waals surface area contributed by atoms with Crippen LogP contribution in [0, 0.1) is 45.3 Å². The number of ether oxygens (including phenoxy) is 2. The van der Waals surface area contributed by atoms with Crippen molar-refractivity contribution in [3.8, 4) is 29.7 Å². The lowest BCUT2D eigenvalue weighted by Gasteiger charge is -2.43. The van der Waals surface area contributed by atoms with E-state index >= 15 is 0 Å². The summed E-state index contributed by atoms with van der Waals surface area (Å²) in [4.78, 5) is 0. The first-order valence-electron chi connectivity index (χ1n) is 9.42. The van der Waals surface area contributed by atoms with Crippen LogP contribution in [0.1, 0.15) is 25.3 Å². The summed E-state index contributed by atoms with van der Waals surface area (Å²) in [6.07, 6.45) is 1.88. The summed E-state index contributed by atoms with van der Waals surface area (Å²) in [6, 6.07) is 11.8. The lowest BCUT2D eigenvalue weighted by molar-refractivity contribution is 0.229. The van der Waals surface area contributed by atoms with Gasteiger partial charge in [0.05, 0.1) is 36.6 Å². The molecule has 1 heterocycles. The number of methoxy groups -OCH3 is 1. The van der Waals surface area contributed by atoms with E-state index in [1.54, 1.807) is 19.2 Å². The maximum atomic E-state index is 10.1. The van der Waals surface area contributed by atoms with Crippen LogP contribution in [-0.2, 0) is 0 Å². The molecule has 7 heteroatoms. The van der Waals surface area contributed by atoms with Crippen molar-refractivity contribution in [1.29, 1.82) is 15.8 Å². The van der Waals surface area contributed by atoms with Gasteiger partial charge in [-0.3, -0.25) is 0 Å². The van der Waals surface area contributed by atoms with Crippen LogP contribution in [0.3, 0.4) is 0 Å². The highest BCUT2D eigenvalue weighted by Crippen LogP contribution is 2.54. The second-order valence-corrected chi connectivity index (χ2v) is 7.41. The zero-order chi connectivity index (χ0) is 21.2. The van der Waals surface area contributed by atoms with Crippen molar-refractivity contribution in [1.82, 2.24) is 5.32 Å². The quantitative estimate of drug-likeness (QED) is 0.809. The van der Waals surface area contributed by atoms with Gasteiger partial charge >= 0.3 is 0 Å². The highest BCUT2D eigenvalue weighted by molar-refractivity contribution is 5.60. The molecule has 1 aromatic rings. The normalized spacial score (nSPS) is 22.6. The van der Waals surface area contributed by atoms with Crippen LogP contribution in [-0.4, -0.2) is 26.3 Å². The van der Waals surface area contributed by atoms with E-state index in [-0.39, 0.29) is 23.3 Å². The molecule has 1 aliphatic carbocycles. The molecule has 148 valence electrons. The fraction of sp³-hybridized carbons (Fsp3) is 0.409. The molecule has 0 spiro atoms. The Hall–Kier alpha value is -3.47. The summed E-state index contributed by atoms with van der Waals surface area (Å²) in [5, 5.41) is 33.1. The maximum Gasteiger partial charge on any atom is 0.191 e. The van der Waals surface area contributed by atoms with Gasteiger partial charge in [-0.25, -0.2) is 0 Å². The van der Waals surface area contributed by atoms with E-state index in [0.717, 1.165) is 11.1 Å². The van der Waals surface area contributed by atoms with E-state index in [1.807, 2.05) is 26.0 Å². The number of fused-ring (bicyclic) bond motifs is 1. The predicted octanol–water partition coefficient (Wildman–Crippen LogP) is 2.50. The summed E-state index contributed by atoms with van der Waals surface area (Å²) in [6.45, 7) is 4.98. The molecule has 7 nitrogen and oxygen atoms in total. The number of nitrogens with zero attached hydrogens (tertiary/aromatic N) is 3. The molecular formula is C22H23N5O2. The van der Waals surface area contributed by atoms with E-state index in [2.05, 4.69) is 23.5 Å². The zero-order valence-electron chi connectivity index (χ0n) is 16.7. The molecule has 0 unspecified atom stereocenters. The van der Waals surface area contributed by atoms with Crippen LogP contribution in [0.2, 0.25) is 0 Å². The third-order valence-corrected chi connectivity index (χ3v) is 5.46. The van der Waals surface area contributed by atoms with Gasteiger partial charge in [-0.1, -0.05) is 12.1 Å². The van der Waals surface area contributed by atoms with Crippen molar-refractivity contribution in [3.63, 3.8) is 0 Å². The molecule has 0 aromatic heterocycles. The van der Waals surface area contributed by atoms with Gasteiger partial charge in [0.1, 0.15) is 6.07 Å². The van der Waals surface area contributed by atoms with Gasteiger partial charge in [-0.15, -0.1) is 0 Å². The SMILES string of the molecule is COc1cc([C@@H]2[C@H]3CNCC=C3C(C#N)=C(N)C2(C#N)C#N)ccc1OC(C)C. The van der Waals surface area contributed by atoms with Gasteiger partial charge in [0, 0.05) is 24.9 Å². The fourth-order valence-corrected chi connectivity index (χ4v) is 4.21. The lowest BCUT2D eigenvalue weighted by atomic mass is 9.58. The number of nitrogens with one attached hydrogen (secondary N) is 1. The van der Waals surface area contributed by atoms with Crippen molar-refractivity contribution < 1.29 is 9.47 Å². The Morgan fingerprint density at radius 3 is 2.52 bits per heavy atom. The number of nitrogens with two attached hydrogens (primary N) is 1. The molecular weight excluding hydrogens is 366 g/mol. The summed E-state index contributed by atoms with van der Waals surface area (Å²) >= 11 is 0. The number of hydrogen-bond donors (Lipinski definition) is 2. The Morgan fingerprint density at radius 2 is 1.93 bits per heavy atom. The Balaban J connectivity index is 2.24. The smallest absolute Gasteiger partial charge is 0.191 e. The molecule has 3 rings (SSSR count). The van der Waals surface area contributed by atoms with E-state index in [4.69, 9.17) is 15.2 Å². The Morgan fingerprint density at radius 1 is 1.21 bits per heavy atom. The Labute approximate surface area is 170 Å². The Bertz CT molecular complexity index is 989. The molecule has 2 aliphatic rings. The average molecular weight is 389 g/mol. The molecule has 0 bridgehead atoms. The van der Waals surface area contributed by atoms with Crippen LogP contribution < -0.4 is 20.5 Å². The minimum atomic E-state index is -1.66. The summed E-state index contributed by atoms with van der Waals surface area (Å²) in [5.74, 6) is 0.298. The van der Waals surface area contributed by atoms with Crippen molar-refractivity contribution >= 4 is 0 Å². The van der Waals surface area contributed by atoms with E-state index < -0.39 is 11.3 Å². The maximum absolute atomic E-state index is 10.1. The molecule has 0 saturated heterocycles. The standard InChI is InChI=1S/C22H23N5O2/c1-13(2)29-18-5-4-14(8-19(18)28-3)20-17-10-27-7-6-15(17)16(9-23)21(26)22(20,11-24)12-25/h4-6,8,13,17,20,27H,7,10,26H2,1-3H3/t17-,20+/m0/s1. The first kappa shape index (κ1) is 20.3. The van der Waals surface area contributed by atoms with Crippen LogP contribution in [0.5, 0.6) is 11.5 Å². The van der Waals surface area contributed by atoms with Crippen LogP contribution >= 0.6 is 0 Å². The number of allylic oxidation sites excluding steroid dienone is 2. The topological polar surface area (TPSA) is 128 Å². The molecule has 3 N–H and O–H groups in total. The van der Waals surface area contributed by atoms with Gasteiger partial charge in [0.2, 0.25) is 0 Å². The van der Waals surface area contributed by atoms with Crippen LogP contribution in [0.15, 0.2) is 41.1 Å². The van der Waals surface area contributed by atoms with Gasteiger partial charge in [-0.05, 0) is 37.1 Å². The molecule has 1 aromatic carbocycles. The number of hydrogen-bond acceptors (Lipinski definition) is 7. The monoisotopic (exact) mass is 389 g/mol. The van der Waals surface area contributed by atoms with Crippen molar-refractivity contribution in [2.24, 2.45) is 17.1 Å². The lowest BCUT2D eigenvalue weighted by Crippen LogP contribution is -2.46. The second kappa shape index (κ2) is 7.87. The highest BCUT2D eigenvalue weighted by Gasteiger charge is 2.54. The van der Waals surface area contributed by atoms with Gasteiger partial charge < -0.3 is 20.5 Å². The van der Waals surface area contributed by atoms with Crippen molar-refractivity contribution in [2.75, 3.05) is 20.2 Å². The average Bonchev–Trinajstić information content (AvgIpc) is 2.73. The minimum absolute atomic E-state index is 0.0147. The zero-order valence-corrected chi connectivity index (χ0v) is 16.7. The van der Waals surface area contributed by atoms with E-state index in [9.17, 15) is 15.8 Å². The molecule has 2 atom stereocenters. The number of nitriles is 3. The Kier molecular flexibility index (Phi) is 5.50. The van der Waals surface area contributed by atoms with Gasteiger partial charge in [0.25, 0.3) is 0 Å². The molecule has 0 fully saturated rings. The highest BCUT2D eigenvalue weighted by atomic mass is 16.5. The van der Waals surface area contributed by atoms with E-state index in [0.29, 0.717) is 24.6 Å². The molecule has 1 aliphatic heterocycles. The number of rotatable bonds is 4. The van der Waals surface area contributed by atoms with E-state index in [1.165, 1.54) is 0 Å². The van der Waals surface area contributed by atoms with Crippen molar-refractivity contribution in [2.45, 2.75) is 25.9 Å². The molecule has 0 amide bonds. The second-order valence-electron chi connectivity index (χ2n) is 7.41. The molecule has 0 radical (unpaired) electrons. The first-order valence-corrected chi connectivity index (χ1v) is 9.42. The fourth-order valence-electron chi connectivity index (χ4n) is 4.21. The largest absolute Gasteiger partial charge is 0.493 e. The van der Waals surface area contributed by atoms with Gasteiger partial charge in [-0.2, -0.15) is 15.8 Å². The number of benzene rings is 1. The van der Waals surface area contributed by atoms with Crippen LogP contribution in [0.25, 0.3) is 0 Å². The molecule has 0 saturated carbocycles. The summed E-state index contributed by atoms with van der Waals surface area (Å²) < 4.78 is 11.3. The van der Waals surface area contributed by atoms with Crippen molar-refractivity contribution in [3.05, 3.63) is 46.7 Å². The minimum Gasteiger partial charge on any atom is -0.493 e. The third kappa shape index (κ3) is 3.18. The van der Waals surface area contributed by atoms with Gasteiger partial charge in [0.15, 0.2) is 16.9 Å². The summed E-state index contributed by atoms with van der Waals surface area (Å²) in [5.41, 5.74) is 6.41. The first-order chi connectivity index (χ1) is 13.9.